The van der Waals surface area contributed by atoms with E-state index in [4.69, 9.17) is 10.6 Å². The van der Waals surface area contributed by atoms with Crippen molar-refractivity contribution in [1.29, 1.82) is 0 Å². The number of nitrogens with one attached hydrogen (secondary N) is 2. The van der Waals surface area contributed by atoms with Gasteiger partial charge in [0.1, 0.15) is 0 Å². The molecule has 1 aromatic carbocycles. The van der Waals surface area contributed by atoms with E-state index in [0.29, 0.717) is 18.7 Å². The number of rotatable bonds is 4. The maximum Gasteiger partial charge on any atom is 0.404 e. The van der Waals surface area contributed by atoms with Crippen molar-refractivity contribution in [2.24, 2.45) is 5.11 Å². The van der Waals surface area contributed by atoms with Crippen molar-refractivity contribution < 1.29 is 9.90 Å². The van der Waals surface area contributed by atoms with Crippen LogP contribution in [0, 0.1) is 0 Å². The maximum atomic E-state index is 10.4. The highest BCUT2D eigenvalue weighted by Crippen LogP contribution is 2.27. The van der Waals surface area contributed by atoms with Gasteiger partial charge in [0, 0.05) is 23.0 Å². The van der Waals surface area contributed by atoms with Crippen molar-refractivity contribution in [3.05, 3.63) is 40.4 Å². The van der Waals surface area contributed by atoms with Crippen LogP contribution in [0.25, 0.3) is 21.3 Å². The van der Waals surface area contributed by atoms with Crippen molar-refractivity contribution in [1.82, 2.24) is 10.3 Å². The molecular formula is C11H11N5O2. The molecule has 0 saturated carbocycles. The molecular weight excluding hydrogens is 234 g/mol. The zero-order chi connectivity index (χ0) is 13.0. The Labute approximate surface area is 102 Å². The number of benzene rings is 1. The highest BCUT2D eigenvalue weighted by molar-refractivity contribution is 5.92. The summed E-state index contributed by atoms with van der Waals surface area (Å²) in [6, 6.07) is 5.42. The van der Waals surface area contributed by atoms with E-state index in [9.17, 15) is 4.79 Å². The van der Waals surface area contributed by atoms with Crippen molar-refractivity contribution >= 4 is 22.7 Å². The van der Waals surface area contributed by atoms with Gasteiger partial charge in [0.15, 0.2) is 0 Å². The van der Waals surface area contributed by atoms with Gasteiger partial charge < -0.3 is 15.4 Å². The number of para-hydroxylation sites is 1. The van der Waals surface area contributed by atoms with Crippen molar-refractivity contribution in [2.75, 3.05) is 6.54 Å². The molecule has 0 aliphatic rings. The number of azide groups is 1. The van der Waals surface area contributed by atoms with E-state index in [1.807, 2.05) is 6.07 Å². The number of H-pyrrole nitrogens is 1. The van der Waals surface area contributed by atoms with E-state index in [0.717, 1.165) is 16.5 Å². The lowest BCUT2D eigenvalue weighted by Crippen LogP contribution is -2.23. The average Bonchev–Trinajstić information content (AvgIpc) is 2.74. The molecule has 1 aromatic heterocycles. The molecule has 92 valence electrons. The molecule has 1 heterocycles. The van der Waals surface area contributed by atoms with Gasteiger partial charge in [-0.2, -0.15) is 0 Å². The van der Waals surface area contributed by atoms with E-state index in [1.54, 1.807) is 18.3 Å². The van der Waals surface area contributed by atoms with E-state index >= 15 is 0 Å². The minimum atomic E-state index is -1.04. The molecule has 0 unspecified atom stereocenters. The smallest absolute Gasteiger partial charge is 0.404 e. The Kier molecular flexibility index (Phi) is 3.36. The molecule has 0 spiro atoms. The summed E-state index contributed by atoms with van der Waals surface area (Å²) in [5.74, 6) is 0. The summed E-state index contributed by atoms with van der Waals surface area (Å²) in [4.78, 5) is 16.2. The third kappa shape index (κ3) is 2.36. The van der Waals surface area contributed by atoms with Gasteiger partial charge in [0.2, 0.25) is 0 Å². The number of aromatic amines is 1. The lowest BCUT2D eigenvalue weighted by atomic mass is 10.1. The molecule has 0 atom stereocenters. The molecule has 1 amide bonds. The number of fused-ring (bicyclic) bond motifs is 1. The Bertz CT molecular complexity index is 627. The molecule has 7 heteroatoms. The molecule has 0 saturated heterocycles. The Morgan fingerprint density at radius 2 is 2.39 bits per heavy atom. The van der Waals surface area contributed by atoms with Crippen LogP contribution >= 0.6 is 0 Å². The highest BCUT2D eigenvalue weighted by Gasteiger charge is 2.06. The Balaban J connectivity index is 2.28. The van der Waals surface area contributed by atoms with Crippen molar-refractivity contribution in [3.63, 3.8) is 0 Å². The zero-order valence-electron chi connectivity index (χ0n) is 9.42. The van der Waals surface area contributed by atoms with Gasteiger partial charge in [-0.25, -0.2) is 4.79 Å². The lowest BCUT2D eigenvalue weighted by molar-refractivity contribution is 0.194. The van der Waals surface area contributed by atoms with Crippen LogP contribution in [0.15, 0.2) is 29.5 Å². The molecule has 0 bridgehead atoms. The van der Waals surface area contributed by atoms with Crippen LogP contribution in [0.5, 0.6) is 0 Å². The van der Waals surface area contributed by atoms with E-state index < -0.39 is 6.09 Å². The van der Waals surface area contributed by atoms with Gasteiger partial charge in [-0.1, -0.05) is 23.3 Å². The number of aromatic nitrogens is 1. The third-order valence-electron chi connectivity index (χ3n) is 2.60. The van der Waals surface area contributed by atoms with E-state index in [2.05, 4.69) is 20.3 Å². The Morgan fingerprint density at radius 1 is 1.56 bits per heavy atom. The molecule has 18 heavy (non-hydrogen) atoms. The normalized spacial score (nSPS) is 10.0. The molecule has 0 radical (unpaired) electrons. The fourth-order valence-corrected chi connectivity index (χ4v) is 1.84. The average molecular weight is 245 g/mol. The SMILES string of the molecule is [N-]=[N+]=Nc1cccc2c(CCNC(=O)O)c[nH]c12. The monoisotopic (exact) mass is 245 g/mol. The first kappa shape index (κ1) is 11.8. The van der Waals surface area contributed by atoms with Crippen LogP contribution in [-0.2, 0) is 6.42 Å². The number of hydrogen-bond acceptors (Lipinski definition) is 2. The highest BCUT2D eigenvalue weighted by atomic mass is 16.4. The van der Waals surface area contributed by atoms with E-state index in [1.165, 1.54) is 0 Å². The second-order valence-electron chi connectivity index (χ2n) is 3.68. The van der Waals surface area contributed by atoms with Gasteiger partial charge in [-0.15, -0.1) is 0 Å². The summed E-state index contributed by atoms with van der Waals surface area (Å²) in [6.07, 6.45) is 1.33. The molecule has 0 aliphatic heterocycles. The second kappa shape index (κ2) is 5.11. The number of amides is 1. The van der Waals surface area contributed by atoms with Crippen LogP contribution in [-0.4, -0.2) is 22.7 Å². The summed E-state index contributed by atoms with van der Waals surface area (Å²) in [5.41, 5.74) is 10.7. The summed E-state index contributed by atoms with van der Waals surface area (Å²) < 4.78 is 0. The van der Waals surface area contributed by atoms with Gasteiger partial charge in [-0.3, -0.25) is 0 Å². The minimum Gasteiger partial charge on any atom is -0.465 e. The number of hydrogen-bond donors (Lipinski definition) is 3. The molecule has 7 nitrogen and oxygen atoms in total. The molecule has 2 rings (SSSR count). The fourth-order valence-electron chi connectivity index (χ4n) is 1.84. The number of nitrogens with zero attached hydrogens (tertiary/aromatic N) is 3. The zero-order valence-corrected chi connectivity index (χ0v) is 9.42. The van der Waals surface area contributed by atoms with Gasteiger partial charge in [0.25, 0.3) is 0 Å². The van der Waals surface area contributed by atoms with Crippen LogP contribution in [0.2, 0.25) is 0 Å². The van der Waals surface area contributed by atoms with Crippen molar-refractivity contribution in [3.8, 4) is 0 Å². The van der Waals surface area contributed by atoms with E-state index in [-0.39, 0.29) is 0 Å². The van der Waals surface area contributed by atoms with Crippen LogP contribution < -0.4 is 5.32 Å². The summed E-state index contributed by atoms with van der Waals surface area (Å²) in [6.45, 7) is 0.341. The predicted octanol–water partition coefficient (Wildman–Crippen LogP) is 2.92. The first-order valence-corrected chi connectivity index (χ1v) is 5.33. The number of carbonyl (C=O) groups is 1. The molecule has 2 aromatic rings. The van der Waals surface area contributed by atoms with Gasteiger partial charge in [0.05, 0.1) is 11.2 Å². The third-order valence-corrected chi connectivity index (χ3v) is 2.60. The fraction of sp³-hybridized carbons (Fsp3) is 0.182. The quantitative estimate of drug-likeness (QED) is 0.436. The Hall–Kier alpha value is -2.66. The maximum absolute atomic E-state index is 10.4. The Morgan fingerprint density at radius 3 is 3.11 bits per heavy atom. The predicted molar refractivity (Wildman–Crippen MR) is 66.8 cm³/mol. The molecule has 0 aliphatic carbocycles. The largest absolute Gasteiger partial charge is 0.465 e. The van der Waals surface area contributed by atoms with Crippen LogP contribution in [0.4, 0.5) is 10.5 Å². The number of carboxylic acid groups (broad SMARTS) is 1. The lowest BCUT2D eigenvalue weighted by Gasteiger charge is -2.00. The molecule has 0 fully saturated rings. The standard InChI is InChI=1S/C11H11N5O2/c12-16-15-9-3-1-2-8-7(6-14-10(8)9)4-5-13-11(17)18/h1-3,6,13-14H,4-5H2,(H,17,18). The van der Waals surface area contributed by atoms with Gasteiger partial charge >= 0.3 is 6.09 Å². The van der Waals surface area contributed by atoms with Gasteiger partial charge in [-0.05, 0) is 17.5 Å². The van der Waals surface area contributed by atoms with Crippen LogP contribution in [0.1, 0.15) is 5.56 Å². The molecule has 3 N–H and O–H groups in total. The summed E-state index contributed by atoms with van der Waals surface area (Å²) >= 11 is 0. The summed E-state index contributed by atoms with van der Waals surface area (Å²) in [7, 11) is 0. The van der Waals surface area contributed by atoms with Crippen molar-refractivity contribution in [2.45, 2.75) is 6.42 Å². The topological polar surface area (TPSA) is 114 Å². The second-order valence-corrected chi connectivity index (χ2v) is 3.68. The summed E-state index contributed by atoms with van der Waals surface area (Å²) in [5, 5.41) is 15.3. The van der Waals surface area contributed by atoms with Crippen LogP contribution in [0.3, 0.4) is 0 Å². The first-order valence-electron chi connectivity index (χ1n) is 5.33. The minimum absolute atomic E-state index is 0.341. The first-order chi connectivity index (χ1) is 8.72.